The van der Waals surface area contributed by atoms with E-state index in [0.29, 0.717) is 5.56 Å². The van der Waals surface area contributed by atoms with Crippen LogP contribution in [0.2, 0.25) is 0 Å². The molecule has 0 amide bonds. The van der Waals surface area contributed by atoms with Crippen molar-refractivity contribution in [2.24, 2.45) is 11.1 Å². The van der Waals surface area contributed by atoms with Crippen LogP contribution in [0.4, 0.5) is 8.78 Å². The number of halogens is 2. The molecule has 1 aromatic carbocycles. The van der Waals surface area contributed by atoms with E-state index in [1.54, 1.807) is 0 Å². The van der Waals surface area contributed by atoms with E-state index in [2.05, 4.69) is 0 Å². The van der Waals surface area contributed by atoms with E-state index in [-0.39, 0.29) is 23.1 Å². The lowest BCUT2D eigenvalue weighted by molar-refractivity contribution is 0.397. The summed E-state index contributed by atoms with van der Waals surface area (Å²) in [4.78, 5) is 0. The van der Waals surface area contributed by atoms with E-state index in [1.807, 2.05) is 13.8 Å². The molecule has 1 fully saturated rings. The van der Waals surface area contributed by atoms with Crippen molar-refractivity contribution in [2.75, 3.05) is 7.11 Å². The summed E-state index contributed by atoms with van der Waals surface area (Å²) in [5.74, 6) is -1.08. The van der Waals surface area contributed by atoms with Crippen molar-refractivity contribution in [3.05, 3.63) is 29.3 Å². The van der Waals surface area contributed by atoms with Crippen molar-refractivity contribution in [1.82, 2.24) is 0 Å². The Kier molecular flexibility index (Phi) is 2.42. The van der Waals surface area contributed by atoms with Gasteiger partial charge in [0.2, 0.25) is 0 Å². The van der Waals surface area contributed by atoms with Gasteiger partial charge in [0.1, 0.15) is 17.4 Å². The molecule has 0 spiro atoms. The molecule has 88 valence electrons. The second-order valence-corrected chi connectivity index (χ2v) is 4.83. The second-order valence-electron chi connectivity index (χ2n) is 4.83. The van der Waals surface area contributed by atoms with Gasteiger partial charge in [0, 0.05) is 29.7 Å². The van der Waals surface area contributed by atoms with Crippen molar-refractivity contribution in [1.29, 1.82) is 0 Å². The van der Waals surface area contributed by atoms with Crippen LogP contribution in [0.15, 0.2) is 12.1 Å². The summed E-state index contributed by atoms with van der Waals surface area (Å²) >= 11 is 0. The largest absolute Gasteiger partial charge is 0.496 e. The molecule has 0 aromatic heterocycles. The van der Waals surface area contributed by atoms with Gasteiger partial charge in [-0.1, -0.05) is 13.8 Å². The third-order valence-electron chi connectivity index (χ3n) is 3.50. The maximum atomic E-state index is 13.7. The molecule has 1 aliphatic rings. The smallest absolute Gasteiger partial charge is 0.133 e. The standard InChI is InChI=1S/C12H15F2NO/c1-12(2)10(11(12)15)9-7(14)4-6(13)5-8(9)16-3/h4-5,10-11H,15H2,1-3H3/t10-,11-/m1/s1. The number of hydrogen-bond acceptors (Lipinski definition) is 2. The minimum Gasteiger partial charge on any atom is -0.496 e. The first-order valence-corrected chi connectivity index (χ1v) is 5.18. The van der Waals surface area contributed by atoms with Crippen molar-refractivity contribution in [2.45, 2.75) is 25.8 Å². The topological polar surface area (TPSA) is 35.2 Å². The highest BCUT2D eigenvalue weighted by molar-refractivity contribution is 5.45. The van der Waals surface area contributed by atoms with Crippen molar-refractivity contribution < 1.29 is 13.5 Å². The fraction of sp³-hybridized carbons (Fsp3) is 0.500. The zero-order chi connectivity index (χ0) is 12.1. The summed E-state index contributed by atoms with van der Waals surface area (Å²) in [6.45, 7) is 3.93. The Morgan fingerprint density at radius 1 is 1.31 bits per heavy atom. The zero-order valence-electron chi connectivity index (χ0n) is 9.55. The van der Waals surface area contributed by atoms with Gasteiger partial charge in [-0.05, 0) is 5.41 Å². The van der Waals surface area contributed by atoms with Gasteiger partial charge in [0.05, 0.1) is 7.11 Å². The predicted octanol–water partition coefficient (Wildman–Crippen LogP) is 2.42. The summed E-state index contributed by atoms with van der Waals surface area (Å²) in [6.07, 6.45) is 0. The molecule has 1 aromatic rings. The fourth-order valence-corrected chi connectivity index (χ4v) is 2.26. The molecule has 0 bridgehead atoms. The molecule has 0 radical (unpaired) electrons. The molecule has 1 aliphatic carbocycles. The third-order valence-corrected chi connectivity index (χ3v) is 3.50. The highest BCUT2D eigenvalue weighted by Crippen LogP contribution is 2.59. The Hall–Kier alpha value is -1.16. The summed E-state index contributed by atoms with van der Waals surface area (Å²) in [5, 5.41) is 0. The second kappa shape index (κ2) is 3.42. The summed E-state index contributed by atoms with van der Waals surface area (Å²) in [6, 6.07) is 1.96. The monoisotopic (exact) mass is 227 g/mol. The first-order valence-electron chi connectivity index (χ1n) is 5.18. The Morgan fingerprint density at radius 2 is 1.88 bits per heavy atom. The number of rotatable bonds is 2. The van der Waals surface area contributed by atoms with E-state index in [1.165, 1.54) is 13.2 Å². The molecule has 2 N–H and O–H groups in total. The first kappa shape index (κ1) is 11.3. The highest BCUT2D eigenvalue weighted by atomic mass is 19.1. The molecule has 0 unspecified atom stereocenters. The molecule has 2 rings (SSSR count). The molecule has 4 heteroatoms. The Bertz CT molecular complexity index is 431. The maximum absolute atomic E-state index is 13.7. The number of methoxy groups -OCH3 is 1. The Balaban J connectivity index is 2.49. The van der Waals surface area contributed by atoms with Crippen LogP contribution >= 0.6 is 0 Å². The van der Waals surface area contributed by atoms with E-state index < -0.39 is 11.6 Å². The average Bonchev–Trinajstić information content (AvgIpc) is 2.66. The zero-order valence-corrected chi connectivity index (χ0v) is 9.55. The SMILES string of the molecule is COc1cc(F)cc(F)c1[C@@H]1[C@@H](N)C1(C)C. The highest BCUT2D eigenvalue weighted by Gasteiger charge is 2.58. The van der Waals surface area contributed by atoms with E-state index in [0.717, 1.165) is 6.07 Å². The lowest BCUT2D eigenvalue weighted by Crippen LogP contribution is -2.07. The lowest BCUT2D eigenvalue weighted by atomic mass is 10.0. The number of benzene rings is 1. The van der Waals surface area contributed by atoms with E-state index in [4.69, 9.17) is 10.5 Å². The molecule has 0 heterocycles. The molecular weight excluding hydrogens is 212 g/mol. The lowest BCUT2D eigenvalue weighted by Gasteiger charge is -2.10. The van der Waals surface area contributed by atoms with Gasteiger partial charge in [-0.2, -0.15) is 0 Å². The van der Waals surface area contributed by atoms with Crippen LogP contribution in [0.5, 0.6) is 5.75 Å². The number of ether oxygens (including phenoxy) is 1. The fourth-order valence-electron chi connectivity index (χ4n) is 2.26. The van der Waals surface area contributed by atoms with Crippen LogP contribution in [-0.4, -0.2) is 13.2 Å². The maximum Gasteiger partial charge on any atom is 0.133 e. The molecule has 2 nitrogen and oxygen atoms in total. The first-order chi connectivity index (χ1) is 7.39. The molecule has 1 saturated carbocycles. The van der Waals surface area contributed by atoms with Crippen molar-refractivity contribution in [3.63, 3.8) is 0 Å². The van der Waals surface area contributed by atoms with E-state index in [9.17, 15) is 8.78 Å². The van der Waals surface area contributed by atoms with Gasteiger partial charge in [0.25, 0.3) is 0 Å². The number of hydrogen-bond donors (Lipinski definition) is 1. The van der Waals surface area contributed by atoms with Gasteiger partial charge in [-0.25, -0.2) is 8.78 Å². The van der Waals surface area contributed by atoms with Gasteiger partial charge in [-0.3, -0.25) is 0 Å². The Labute approximate surface area is 93.4 Å². The van der Waals surface area contributed by atoms with Crippen LogP contribution in [0.1, 0.15) is 25.3 Å². The van der Waals surface area contributed by atoms with Crippen LogP contribution in [0.25, 0.3) is 0 Å². The molecule has 2 atom stereocenters. The summed E-state index contributed by atoms with van der Waals surface area (Å²) < 4.78 is 31.8. The molecule has 0 aliphatic heterocycles. The summed E-state index contributed by atoms with van der Waals surface area (Å²) in [5.41, 5.74) is 6.12. The Morgan fingerprint density at radius 3 is 2.31 bits per heavy atom. The molecule has 16 heavy (non-hydrogen) atoms. The minimum atomic E-state index is -0.634. The number of nitrogens with two attached hydrogens (primary N) is 1. The quantitative estimate of drug-likeness (QED) is 0.842. The van der Waals surface area contributed by atoms with Crippen LogP contribution < -0.4 is 10.5 Å². The average molecular weight is 227 g/mol. The van der Waals surface area contributed by atoms with Crippen LogP contribution in [0.3, 0.4) is 0 Å². The summed E-state index contributed by atoms with van der Waals surface area (Å²) in [7, 11) is 1.40. The van der Waals surface area contributed by atoms with Gasteiger partial charge in [-0.15, -0.1) is 0 Å². The van der Waals surface area contributed by atoms with Gasteiger partial charge in [0.15, 0.2) is 0 Å². The van der Waals surface area contributed by atoms with Gasteiger partial charge < -0.3 is 10.5 Å². The third kappa shape index (κ3) is 1.48. The molecule has 0 saturated heterocycles. The predicted molar refractivity (Wildman–Crippen MR) is 57.4 cm³/mol. The van der Waals surface area contributed by atoms with E-state index >= 15 is 0 Å². The normalized spacial score (nSPS) is 26.6. The van der Waals surface area contributed by atoms with Gasteiger partial charge >= 0.3 is 0 Å². The van der Waals surface area contributed by atoms with Crippen molar-refractivity contribution >= 4 is 0 Å². The molecular formula is C12H15F2NO. The van der Waals surface area contributed by atoms with Crippen LogP contribution in [-0.2, 0) is 0 Å². The minimum absolute atomic E-state index is 0.108. The van der Waals surface area contributed by atoms with Crippen molar-refractivity contribution in [3.8, 4) is 5.75 Å². The van der Waals surface area contributed by atoms with Crippen LogP contribution in [0, 0.1) is 17.0 Å².